The van der Waals surface area contributed by atoms with E-state index in [-0.39, 0.29) is 5.56 Å². The van der Waals surface area contributed by atoms with Gasteiger partial charge in [-0.3, -0.25) is 0 Å². The topological polar surface area (TPSA) is 57.5 Å². The second-order valence-electron chi connectivity index (χ2n) is 4.21. The van der Waals surface area contributed by atoms with Crippen LogP contribution in [0.5, 0.6) is 0 Å². The highest BCUT2D eigenvalue weighted by atomic mass is 32.1. The van der Waals surface area contributed by atoms with Crippen LogP contribution in [0, 0.1) is 13.8 Å². The summed E-state index contributed by atoms with van der Waals surface area (Å²) < 4.78 is 0. The number of aromatic carboxylic acids is 1. The monoisotopic (exact) mass is 262 g/mol. The Morgan fingerprint density at radius 1 is 1.22 bits per heavy atom. The number of carboxylic acid groups (broad SMARTS) is 1. The molecule has 0 fully saturated rings. The molecule has 3 nitrogen and oxygen atoms in total. The van der Waals surface area contributed by atoms with Gasteiger partial charge in [0.05, 0.1) is 5.56 Å². The molecule has 0 amide bonds. The van der Waals surface area contributed by atoms with Crippen LogP contribution >= 0.6 is 11.3 Å². The Bertz CT molecular complexity index is 573. The lowest BCUT2D eigenvalue weighted by atomic mass is 9.93. The maximum atomic E-state index is 11.4. The number of aliphatic hydroxyl groups is 1. The number of benzene rings is 1. The summed E-state index contributed by atoms with van der Waals surface area (Å²) in [5, 5.41) is 21.5. The summed E-state index contributed by atoms with van der Waals surface area (Å²) in [7, 11) is 0. The molecule has 2 rings (SSSR count). The fourth-order valence-electron chi connectivity index (χ4n) is 2.06. The third kappa shape index (κ3) is 2.17. The van der Waals surface area contributed by atoms with Crippen molar-refractivity contribution in [2.75, 3.05) is 0 Å². The third-order valence-corrected chi connectivity index (χ3v) is 3.90. The average Bonchev–Trinajstić information content (AvgIpc) is 2.84. The van der Waals surface area contributed by atoms with Gasteiger partial charge in [0.1, 0.15) is 6.10 Å². The quantitative estimate of drug-likeness (QED) is 0.893. The molecular formula is C14H14O3S. The predicted octanol–water partition coefficient (Wildman–Crippen LogP) is 3.14. The molecule has 94 valence electrons. The van der Waals surface area contributed by atoms with E-state index < -0.39 is 12.1 Å². The Hall–Kier alpha value is -1.65. The molecule has 1 heterocycles. The van der Waals surface area contributed by atoms with Crippen molar-refractivity contribution in [1.82, 2.24) is 0 Å². The van der Waals surface area contributed by atoms with Crippen LogP contribution in [-0.2, 0) is 0 Å². The number of rotatable bonds is 3. The van der Waals surface area contributed by atoms with E-state index in [2.05, 4.69) is 0 Å². The molecule has 0 bridgehead atoms. The van der Waals surface area contributed by atoms with E-state index in [0.29, 0.717) is 11.1 Å². The van der Waals surface area contributed by atoms with Gasteiger partial charge in [-0.1, -0.05) is 18.2 Å². The standard InChI is InChI=1S/C14H14O3S/c1-8-5-6-9(2)12(14(16)17)11(8)13(15)10-4-3-7-18-10/h3-7,13,15H,1-2H3,(H,16,17). The minimum absolute atomic E-state index is 0.205. The number of carboxylic acids is 1. The minimum atomic E-state index is -0.998. The maximum Gasteiger partial charge on any atom is 0.336 e. The summed E-state index contributed by atoms with van der Waals surface area (Å²) in [6.07, 6.45) is -0.879. The summed E-state index contributed by atoms with van der Waals surface area (Å²) in [5.41, 5.74) is 2.15. The number of aryl methyl sites for hydroxylation is 2. The molecule has 0 saturated carbocycles. The van der Waals surface area contributed by atoms with Gasteiger partial charge in [0.2, 0.25) is 0 Å². The first-order valence-electron chi connectivity index (χ1n) is 5.57. The number of thiophene rings is 1. The molecule has 18 heavy (non-hydrogen) atoms. The smallest absolute Gasteiger partial charge is 0.336 e. The van der Waals surface area contributed by atoms with Crippen molar-refractivity contribution >= 4 is 17.3 Å². The molecule has 0 aliphatic carbocycles. The van der Waals surface area contributed by atoms with Gasteiger partial charge >= 0.3 is 5.97 Å². The zero-order valence-electron chi connectivity index (χ0n) is 10.2. The van der Waals surface area contributed by atoms with E-state index in [1.165, 1.54) is 11.3 Å². The van der Waals surface area contributed by atoms with Crippen LogP contribution < -0.4 is 0 Å². The lowest BCUT2D eigenvalue weighted by molar-refractivity contribution is 0.0690. The highest BCUT2D eigenvalue weighted by Gasteiger charge is 2.23. The van der Waals surface area contributed by atoms with Gasteiger partial charge in [-0.15, -0.1) is 11.3 Å². The summed E-state index contributed by atoms with van der Waals surface area (Å²) >= 11 is 1.42. The van der Waals surface area contributed by atoms with Crippen molar-refractivity contribution in [1.29, 1.82) is 0 Å². The molecule has 4 heteroatoms. The molecule has 0 saturated heterocycles. The van der Waals surface area contributed by atoms with Crippen molar-refractivity contribution < 1.29 is 15.0 Å². The minimum Gasteiger partial charge on any atom is -0.478 e. The van der Waals surface area contributed by atoms with E-state index >= 15 is 0 Å². The Morgan fingerprint density at radius 2 is 1.89 bits per heavy atom. The molecule has 0 radical (unpaired) electrons. The lowest BCUT2D eigenvalue weighted by Gasteiger charge is -2.17. The van der Waals surface area contributed by atoms with Crippen molar-refractivity contribution in [2.24, 2.45) is 0 Å². The number of hydrogen-bond acceptors (Lipinski definition) is 3. The van der Waals surface area contributed by atoms with E-state index in [0.717, 1.165) is 10.4 Å². The van der Waals surface area contributed by atoms with Crippen LogP contribution in [-0.4, -0.2) is 16.2 Å². The molecule has 2 aromatic rings. The van der Waals surface area contributed by atoms with Crippen molar-refractivity contribution in [3.8, 4) is 0 Å². The highest BCUT2D eigenvalue weighted by Crippen LogP contribution is 2.32. The van der Waals surface area contributed by atoms with Crippen molar-refractivity contribution in [2.45, 2.75) is 20.0 Å². The first kappa shape index (κ1) is 12.8. The largest absolute Gasteiger partial charge is 0.478 e. The van der Waals surface area contributed by atoms with Crippen molar-refractivity contribution in [3.05, 3.63) is 56.8 Å². The van der Waals surface area contributed by atoms with Gasteiger partial charge in [-0.2, -0.15) is 0 Å². The number of aliphatic hydroxyl groups excluding tert-OH is 1. The highest BCUT2D eigenvalue weighted by molar-refractivity contribution is 7.10. The Kier molecular flexibility index (Phi) is 3.50. The molecule has 1 atom stereocenters. The van der Waals surface area contributed by atoms with Crippen LogP contribution in [0.25, 0.3) is 0 Å². The second kappa shape index (κ2) is 4.92. The average molecular weight is 262 g/mol. The molecule has 2 N–H and O–H groups in total. The first-order valence-corrected chi connectivity index (χ1v) is 6.45. The van der Waals surface area contributed by atoms with Crippen LogP contribution in [0.4, 0.5) is 0 Å². The van der Waals surface area contributed by atoms with E-state index in [9.17, 15) is 15.0 Å². The maximum absolute atomic E-state index is 11.4. The number of hydrogen-bond donors (Lipinski definition) is 2. The fraction of sp³-hybridized carbons (Fsp3) is 0.214. The first-order chi connectivity index (χ1) is 8.52. The Morgan fingerprint density at radius 3 is 2.44 bits per heavy atom. The zero-order chi connectivity index (χ0) is 13.3. The van der Waals surface area contributed by atoms with Crippen LogP contribution in [0.1, 0.15) is 38.0 Å². The Balaban J connectivity index is 2.62. The molecule has 1 unspecified atom stereocenters. The molecular weight excluding hydrogens is 248 g/mol. The van der Waals surface area contributed by atoms with Gasteiger partial charge < -0.3 is 10.2 Å². The van der Waals surface area contributed by atoms with Gasteiger partial charge in [0.15, 0.2) is 0 Å². The molecule has 1 aromatic heterocycles. The van der Waals surface area contributed by atoms with Crippen LogP contribution in [0.15, 0.2) is 29.6 Å². The molecule has 1 aromatic carbocycles. The summed E-state index contributed by atoms with van der Waals surface area (Å²) in [6, 6.07) is 7.26. The SMILES string of the molecule is Cc1ccc(C)c(C(O)c2cccs2)c1C(=O)O. The van der Waals surface area contributed by atoms with Crippen LogP contribution in [0.2, 0.25) is 0 Å². The van der Waals surface area contributed by atoms with Crippen molar-refractivity contribution in [3.63, 3.8) is 0 Å². The van der Waals surface area contributed by atoms with Gasteiger partial charge in [-0.05, 0) is 36.4 Å². The van der Waals surface area contributed by atoms with Gasteiger partial charge in [0.25, 0.3) is 0 Å². The fourth-order valence-corrected chi connectivity index (χ4v) is 2.78. The molecule has 0 aliphatic heterocycles. The lowest BCUT2D eigenvalue weighted by Crippen LogP contribution is -2.11. The summed E-state index contributed by atoms with van der Waals surface area (Å²) in [5.74, 6) is -0.998. The van der Waals surface area contributed by atoms with Gasteiger partial charge in [-0.25, -0.2) is 4.79 Å². The van der Waals surface area contributed by atoms with E-state index in [4.69, 9.17) is 0 Å². The van der Waals surface area contributed by atoms with Crippen LogP contribution in [0.3, 0.4) is 0 Å². The Labute approximate surface area is 109 Å². The summed E-state index contributed by atoms with van der Waals surface area (Å²) in [6.45, 7) is 3.56. The predicted molar refractivity (Wildman–Crippen MR) is 71.3 cm³/mol. The summed E-state index contributed by atoms with van der Waals surface area (Å²) in [4.78, 5) is 12.1. The molecule has 0 spiro atoms. The van der Waals surface area contributed by atoms with E-state index in [1.54, 1.807) is 13.0 Å². The number of carbonyl (C=O) groups is 1. The van der Waals surface area contributed by atoms with Gasteiger partial charge in [0, 0.05) is 10.4 Å². The van der Waals surface area contributed by atoms with E-state index in [1.807, 2.05) is 30.5 Å². The third-order valence-electron chi connectivity index (χ3n) is 2.97. The second-order valence-corrected chi connectivity index (χ2v) is 5.19. The zero-order valence-corrected chi connectivity index (χ0v) is 11.0. The normalized spacial score (nSPS) is 12.4. The molecule has 0 aliphatic rings.